The largest absolute Gasteiger partial charge is 0.417 e. The zero-order valence-corrected chi connectivity index (χ0v) is 13.3. The lowest BCUT2D eigenvalue weighted by atomic mass is 10.2. The van der Waals surface area contributed by atoms with Crippen LogP contribution in [0.3, 0.4) is 0 Å². The van der Waals surface area contributed by atoms with Crippen molar-refractivity contribution in [2.75, 3.05) is 37.6 Å². The van der Waals surface area contributed by atoms with Crippen LogP contribution >= 0.6 is 0 Å². The number of carbonyl (C=O) groups excluding carboxylic acids is 2. The van der Waals surface area contributed by atoms with Gasteiger partial charge in [0.25, 0.3) is 0 Å². The van der Waals surface area contributed by atoms with Gasteiger partial charge in [-0.25, -0.2) is 4.98 Å². The van der Waals surface area contributed by atoms with Crippen LogP contribution in [0.4, 0.5) is 19.0 Å². The van der Waals surface area contributed by atoms with Crippen LogP contribution in [0.1, 0.15) is 18.9 Å². The number of rotatable bonds is 4. The molecule has 1 N–H and O–H groups in total. The number of nitrogens with zero attached hydrogens (tertiary/aromatic N) is 3. The van der Waals surface area contributed by atoms with E-state index in [2.05, 4.69) is 10.3 Å². The van der Waals surface area contributed by atoms with Gasteiger partial charge in [-0.3, -0.25) is 9.59 Å². The molecule has 2 rings (SSSR count). The summed E-state index contributed by atoms with van der Waals surface area (Å²) >= 11 is 0. The third-order valence-corrected chi connectivity index (χ3v) is 3.79. The topological polar surface area (TPSA) is 65.5 Å². The second-order valence-corrected chi connectivity index (χ2v) is 5.40. The first-order chi connectivity index (χ1) is 11.3. The van der Waals surface area contributed by atoms with E-state index in [1.54, 1.807) is 11.8 Å². The molecule has 2 heterocycles. The Balaban J connectivity index is 1.86. The molecule has 0 radical (unpaired) electrons. The van der Waals surface area contributed by atoms with Crippen molar-refractivity contribution >= 4 is 17.6 Å². The number of halogens is 3. The Morgan fingerprint density at radius 1 is 1.21 bits per heavy atom. The highest BCUT2D eigenvalue weighted by Gasteiger charge is 2.31. The highest BCUT2D eigenvalue weighted by atomic mass is 19.4. The lowest BCUT2D eigenvalue weighted by Crippen LogP contribution is -2.51. The highest BCUT2D eigenvalue weighted by Crippen LogP contribution is 2.29. The minimum absolute atomic E-state index is 0.0365. The summed E-state index contributed by atoms with van der Waals surface area (Å²) in [6.45, 7) is 3.49. The molecule has 1 aliphatic heterocycles. The average Bonchev–Trinajstić information content (AvgIpc) is 2.58. The van der Waals surface area contributed by atoms with E-state index in [0.29, 0.717) is 38.4 Å². The predicted octanol–water partition coefficient (Wildman–Crippen LogP) is 1.28. The maximum Gasteiger partial charge on any atom is 0.417 e. The maximum atomic E-state index is 12.5. The molecule has 0 bridgehead atoms. The van der Waals surface area contributed by atoms with Crippen molar-refractivity contribution in [1.82, 2.24) is 15.2 Å². The van der Waals surface area contributed by atoms with Crippen LogP contribution in [0.15, 0.2) is 18.3 Å². The van der Waals surface area contributed by atoms with Gasteiger partial charge in [0, 0.05) is 38.8 Å². The number of anilines is 1. The molecule has 9 heteroatoms. The Kier molecular flexibility index (Phi) is 5.63. The molecule has 24 heavy (non-hydrogen) atoms. The van der Waals surface area contributed by atoms with Crippen LogP contribution in [0.5, 0.6) is 0 Å². The zero-order valence-electron chi connectivity index (χ0n) is 13.3. The van der Waals surface area contributed by atoms with E-state index >= 15 is 0 Å². The van der Waals surface area contributed by atoms with Crippen molar-refractivity contribution in [3.8, 4) is 0 Å². The molecule has 132 valence electrons. The fourth-order valence-electron chi connectivity index (χ4n) is 2.34. The van der Waals surface area contributed by atoms with Crippen LogP contribution in [-0.4, -0.2) is 54.4 Å². The smallest absolute Gasteiger partial charge is 0.353 e. The second kappa shape index (κ2) is 7.50. The zero-order chi connectivity index (χ0) is 17.7. The summed E-state index contributed by atoms with van der Waals surface area (Å²) in [5.41, 5.74) is -0.785. The van der Waals surface area contributed by atoms with Gasteiger partial charge in [-0.05, 0) is 12.1 Å². The first kappa shape index (κ1) is 18.0. The normalized spacial score (nSPS) is 15.3. The number of piperazine rings is 1. The van der Waals surface area contributed by atoms with Gasteiger partial charge in [0.05, 0.1) is 12.1 Å². The molecule has 1 aromatic rings. The van der Waals surface area contributed by atoms with Gasteiger partial charge in [0.15, 0.2) is 0 Å². The van der Waals surface area contributed by atoms with Gasteiger partial charge >= 0.3 is 6.18 Å². The van der Waals surface area contributed by atoms with Gasteiger partial charge in [-0.2, -0.15) is 13.2 Å². The first-order valence-corrected chi connectivity index (χ1v) is 7.64. The number of nitrogens with one attached hydrogen (secondary N) is 1. The SMILES string of the molecule is CCC(=O)NCC(=O)N1CCN(c2ccc(C(F)(F)F)cn2)CC1. The van der Waals surface area contributed by atoms with E-state index in [1.807, 2.05) is 4.90 Å². The summed E-state index contributed by atoms with van der Waals surface area (Å²) in [4.78, 5) is 30.4. The van der Waals surface area contributed by atoms with E-state index < -0.39 is 11.7 Å². The Hall–Kier alpha value is -2.32. The summed E-state index contributed by atoms with van der Waals surface area (Å²) in [5, 5.41) is 2.53. The molecule has 1 aromatic heterocycles. The third kappa shape index (κ3) is 4.59. The van der Waals surface area contributed by atoms with Gasteiger partial charge in [0.1, 0.15) is 5.82 Å². The quantitative estimate of drug-likeness (QED) is 0.894. The van der Waals surface area contributed by atoms with Crippen LogP contribution in [0.2, 0.25) is 0 Å². The van der Waals surface area contributed by atoms with E-state index in [-0.39, 0.29) is 18.4 Å². The van der Waals surface area contributed by atoms with Gasteiger partial charge in [-0.15, -0.1) is 0 Å². The molecule has 1 aliphatic rings. The van der Waals surface area contributed by atoms with Crippen LogP contribution in [0, 0.1) is 0 Å². The summed E-state index contributed by atoms with van der Waals surface area (Å²) in [6.07, 6.45) is -3.27. The number of pyridine rings is 1. The van der Waals surface area contributed by atoms with Crippen LogP contribution < -0.4 is 10.2 Å². The highest BCUT2D eigenvalue weighted by molar-refractivity contribution is 5.84. The Labute approximate surface area is 137 Å². The number of aromatic nitrogens is 1. The minimum atomic E-state index is -4.40. The number of hydrogen-bond acceptors (Lipinski definition) is 4. The molecular formula is C15H19F3N4O2. The summed E-state index contributed by atoms with van der Waals surface area (Å²) in [5.74, 6) is 0.0992. The van der Waals surface area contributed by atoms with Crippen LogP contribution in [-0.2, 0) is 15.8 Å². The van der Waals surface area contributed by atoms with E-state index in [0.717, 1.165) is 12.3 Å². The predicted molar refractivity (Wildman–Crippen MR) is 81.3 cm³/mol. The van der Waals surface area contributed by atoms with Crippen molar-refractivity contribution in [3.63, 3.8) is 0 Å². The van der Waals surface area contributed by atoms with E-state index in [4.69, 9.17) is 0 Å². The third-order valence-electron chi connectivity index (χ3n) is 3.79. The fourth-order valence-corrected chi connectivity index (χ4v) is 2.34. The molecule has 0 aromatic carbocycles. The van der Waals surface area contributed by atoms with E-state index in [9.17, 15) is 22.8 Å². The van der Waals surface area contributed by atoms with Gasteiger partial charge in [-0.1, -0.05) is 6.92 Å². The van der Waals surface area contributed by atoms with Crippen LogP contribution in [0.25, 0.3) is 0 Å². The fraction of sp³-hybridized carbons (Fsp3) is 0.533. The Morgan fingerprint density at radius 3 is 2.38 bits per heavy atom. The standard InChI is InChI=1S/C15H19F3N4O2/c1-2-13(23)20-10-14(24)22-7-5-21(6-8-22)12-4-3-11(9-19-12)15(16,17)18/h3-4,9H,2,5-8,10H2,1H3,(H,20,23). The Morgan fingerprint density at radius 2 is 1.88 bits per heavy atom. The monoisotopic (exact) mass is 344 g/mol. The molecule has 0 aliphatic carbocycles. The molecule has 0 spiro atoms. The number of hydrogen-bond donors (Lipinski definition) is 1. The Bertz CT molecular complexity index is 581. The lowest BCUT2D eigenvalue weighted by Gasteiger charge is -2.35. The second-order valence-electron chi connectivity index (χ2n) is 5.40. The maximum absolute atomic E-state index is 12.5. The number of amides is 2. The summed E-state index contributed by atoms with van der Waals surface area (Å²) in [7, 11) is 0. The first-order valence-electron chi connectivity index (χ1n) is 7.64. The van der Waals surface area contributed by atoms with E-state index in [1.165, 1.54) is 6.07 Å². The number of alkyl halides is 3. The minimum Gasteiger partial charge on any atom is -0.353 e. The molecular weight excluding hydrogens is 325 g/mol. The average molecular weight is 344 g/mol. The van der Waals surface area contributed by atoms with Crippen molar-refractivity contribution in [2.24, 2.45) is 0 Å². The number of carbonyl (C=O) groups is 2. The van der Waals surface area contributed by atoms with Gasteiger partial charge in [0.2, 0.25) is 11.8 Å². The lowest BCUT2D eigenvalue weighted by molar-refractivity contribution is -0.137. The molecule has 0 saturated carbocycles. The van der Waals surface area contributed by atoms with Crippen molar-refractivity contribution in [3.05, 3.63) is 23.9 Å². The van der Waals surface area contributed by atoms with Crippen molar-refractivity contribution < 1.29 is 22.8 Å². The summed E-state index contributed by atoms with van der Waals surface area (Å²) < 4.78 is 37.6. The summed E-state index contributed by atoms with van der Waals surface area (Å²) in [6, 6.07) is 2.34. The molecule has 2 amide bonds. The van der Waals surface area contributed by atoms with Gasteiger partial charge < -0.3 is 15.1 Å². The van der Waals surface area contributed by atoms with Crippen molar-refractivity contribution in [1.29, 1.82) is 0 Å². The molecule has 0 atom stereocenters. The molecule has 6 nitrogen and oxygen atoms in total. The van der Waals surface area contributed by atoms with Crippen molar-refractivity contribution in [2.45, 2.75) is 19.5 Å². The molecule has 0 unspecified atom stereocenters. The molecule has 1 fully saturated rings. The molecule has 1 saturated heterocycles.